The highest BCUT2D eigenvalue weighted by atomic mass is 32.1. The maximum absolute atomic E-state index is 12.6. The highest BCUT2D eigenvalue weighted by molar-refractivity contribution is 7.17. The Labute approximate surface area is 142 Å². The largest absolute Gasteiger partial charge is 0.319 e. The maximum Gasteiger partial charge on any atom is 0.298 e. The number of amides is 1. The molecule has 120 valence electrons. The van der Waals surface area contributed by atoms with Crippen molar-refractivity contribution in [1.82, 2.24) is 14.3 Å². The normalized spacial score (nSPS) is 12.4. The first-order valence-electron chi connectivity index (χ1n) is 7.61. The van der Waals surface area contributed by atoms with Gasteiger partial charge >= 0.3 is 0 Å². The lowest BCUT2D eigenvalue weighted by atomic mass is 10.1. The molecule has 0 N–H and O–H groups in total. The van der Waals surface area contributed by atoms with Crippen LogP contribution < -0.4 is 4.80 Å². The molecule has 4 rings (SSSR count). The van der Waals surface area contributed by atoms with Gasteiger partial charge < -0.3 is 4.57 Å². The number of aryl methyl sites for hydroxylation is 3. The van der Waals surface area contributed by atoms with E-state index in [1.807, 2.05) is 30.7 Å². The van der Waals surface area contributed by atoms with Crippen molar-refractivity contribution >= 4 is 38.2 Å². The molecule has 0 radical (unpaired) electrons. The van der Waals surface area contributed by atoms with Gasteiger partial charge in [-0.2, -0.15) is 10.1 Å². The maximum atomic E-state index is 12.6. The molecule has 0 saturated heterocycles. The van der Waals surface area contributed by atoms with E-state index < -0.39 is 0 Å². The smallest absolute Gasteiger partial charge is 0.298 e. The Morgan fingerprint density at radius 3 is 2.71 bits per heavy atom. The zero-order valence-electron chi connectivity index (χ0n) is 13.6. The fraction of sp³-hybridized carbons (Fsp3) is 0.167. The van der Waals surface area contributed by atoms with Crippen molar-refractivity contribution in [2.75, 3.05) is 0 Å². The van der Waals surface area contributed by atoms with Gasteiger partial charge in [-0.15, -0.1) is 0 Å². The first-order valence-corrected chi connectivity index (χ1v) is 8.43. The Bertz CT molecular complexity index is 1140. The summed E-state index contributed by atoms with van der Waals surface area (Å²) in [5, 5.41) is 6.49. The molecule has 0 unspecified atom stereocenters. The Morgan fingerprint density at radius 1 is 1.17 bits per heavy atom. The number of benzene rings is 2. The Morgan fingerprint density at radius 2 is 1.96 bits per heavy atom. The van der Waals surface area contributed by atoms with Gasteiger partial charge in [0.1, 0.15) is 5.69 Å². The number of thiazole rings is 1. The number of rotatable bonds is 1. The second kappa shape index (κ2) is 5.42. The lowest BCUT2D eigenvalue weighted by molar-refractivity contribution is 0.0988. The van der Waals surface area contributed by atoms with Crippen molar-refractivity contribution in [3.05, 3.63) is 58.7 Å². The van der Waals surface area contributed by atoms with Gasteiger partial charge in [0.25, 0.3) is 5.91 Å². The van der Waals surface area contributed by atoms with Crippen molar-refractivity contribution in [3.63, 3.8) is 0 Å². The lowest BCUT2D eigenvalue weighted by Gasteiger charge is -2.00. The molecule has 2 heterocycles. The summed E-state index contributed by atoms with van der Waals surface area (Å²) in [5.41, 5.74) is 2.43. The number of fused-ring (bicyclic) bond motifs is 3. The number of aromatic nitrogens is 3. The molecule has 5 nitrogen and oxygen atoms in total. The van der Waals surface area contributed by atoms with E-state index in [-0.39, 0.29) is 5.91 Å². The molecule has 0 atom stereocenters. The summed E-state index contributed by atoms with van der Waals surface area (Å²) in [7, 11) is 3.70. The number of carbonyl (C=O) groups excluding carboxylic acids is 1. The number of carbonyl (C=O) groups is 1. The topological polar surface area (TPSA) is 52.2 Å². The van der Waals surface area contributed by atoms with Crippen molar-refractivity contribution in [1.29, 1.82) is 0 Å². The van der Waals surface area contributed by atoms with Crippen LogP contribution in [0.1, 0.15) is 16.1 Å². The van der Waals surface area contributed by atoms with Crippen LogP contribution in [0.15, 0.2) is 47.6 Å². The lowest BCUT2D eigenvalue weighted by Crippen LogP contribution is -2.15. The molecule has 0 bridgehead atoms. The molecule has 1 amide bonds. The highest BCUT2D eigenvalue weighted by Crippen LogP contribution is 2.27. The molecule has 0 saturated carbocycles. The summed E-state index contributed by atoms with van der Waals surface area (Å²) >= 11 is 1.54. The van der Waals surface area contributed by atoms with Crippen LogP contribution >= 0.6 is 11.3 Å². The first-order chi connectivity index (χ1) is 11.6. The third kappa shape index (κ3) is 2.18. The highest BCUT2D eigenvalue weighted by Gasteiger charge is 2.14. The van der Waals surface area contributed by atoms with Crippen molar-refractivity contribution in [2.24, 2.45) is 19.1 Å². The van der Waals surface area contributed by atoms with E-state index in [2.05, 4.69) is 34.4 Å². The summed E-state index contributed by atoms with van der Waals surface area (Å²) < 4.78 is 4.68. The Balaban J connectivity index is 1.96. The van der Waals surface area contributed by atoms with Gasteiger partial charge in [-0.25, -0.2) is 0 Å². The molecule has 0 aliphatic heterocycles. The fourth-order valence-electron chi connectivity index (χ4n) is 2.96. The van der Waals surface area contributed by atoms with Crippen LogP contribution in [0.3, 0.4) is 0 Å². The van der Waals surface area contributed by atoms with Gasteiger partial charge in [-0.1, -0.05) is 41.7 Å². The van der Waals surface area contributed by atoms with Gasteiger partial charge in [0.05, 0.1) is 16.4 Å². The third-order valence-electron chi connectivity index (χ3n) is 4.22. The number of hydrogen-bond donors (Lipinski definition) is 0. The van der Waals surface area contributed by atoms with E-state index >= 15 is 0 Å². The minimum Gasteiger partial charge on any atom is -0.319 e. The number of nitrogens with zero attached hydrogens (tertiary/aromatic N) is 4. The zero-order valence-corrected chi connectivity index (χ0v) is 14.5. The number of hydrogen-bond acceptors (Lipinski definition) is 3. The van der Waals surface area contributed by atoms with Gasteiger partial charge in [0.2, 0.25) is 0 Å². The van der Waals surface area contributed by atoms with E-state index in [4.69, 9.17) is 0 Å². The van der Waals surface area contributed by atoms with Crippen LogP contribution in [0.2, 0.25) is 0 Å². The van der Waals surface area contributed by atoms with Crippen LogP contribution in [-0.4, -0.2) is 20.3 Å². The second-order valence-electron chi connectivity index (χ2n) is 5.80. The quantitative estimate of drug-likeness (QED) is 0.536. The average molecular weight is 336 g/mol. The third-order valence-corrected chi connectivity index (χ3v) is 5.40. The summed E-state index contributed by atoms with van der Waals surface area (Å²) in [6.45, 7) is 1.87. The van der Waals surface area contributed by atoms with Gasteiger partial charge in [0, 0.05) is 25.0 Å². The minimum absolute atomic E-state index is 0.265. The summed E-state index contributed by atoms with van der Waals surface area (Å²) in [6, 6.07) is 12.4. The zero-order chi connectivity index (χ0) is 16.8. The average Bonchev–Trinajstić information content (AvgIpc) is 3.08. The van der Waals surface area contributed by atoms with Crippen LogP contribution in [0.25, 0.3) is 21.0 Å². The molecule has 0 aliphatic rings. The molecule has 2 aromatic carbocycles. The van der Waals surface area contributed by atoms with Gasteiger partial charge in [-0.05, 0) is 18.4 Å². The predicted octanol–water partition coefficient (Wildman–Crippen LogP) is 3.18. The molecule has 6 heteroatoms. The fourth-order valence-corrected chi connectivity index (χ4v) is 4.11. The molecule has 4 aromatic rings. The SMILES string of the molecule is Cc1cnn(C)c1C(=O)N=c1sc2c3ccccc3ccc2n1C. The van der Waals surface area contributed by atoms with E-state index in [1.54, 1.807) is 17.9 Å². The molecule has 24 heavy (non-hydrogen) atoms. The molecule has 0 fully saturated rings. The second-order valence-corrected chi connectivity index (χ2v) is 6.77. The molecular formula is C18H16N4OS. The summed E-state index contributed by atoms with van der Waals surface area (Å²) in [5.74, 6) is -0.265. The monoisotopic (exact) mass is 336 g/mol. The van der Waals surface area contributed by atoms with E-state index in [0.29, 0.717) is 10.5 Å². The minimum atomic E-state index is -0.265. The van der Waals surface area contributed by atoms with E-state index in [9.17, 15) is 4.79 Å². The summed E-state index contributed by atoms with van der Waals surface area (Å²) in [6.07, 6.45) is 1.68. The van der Waals surface area contributed by atoms with Crippen LogP contribution in [0.4, 0.5) is 0 Å². The van der Waals surface area contributed by atoms with Crippen molar-refractivity contribution in [3.8, 4) is 0 Å². The van der Waals surface area contributed by atoms with Crippen LogP contribution in [0, 0.1) is 6.92 Å². The van der Waals surface area contributed by atoms with E-state index in [0.717, 1.165) is 15.8 Å². The van der Waals surface area contributed by atoms with Gasteiger partial charge in [0.15, 0.2) is 4.80 Å². The van der Waals surface area contributed by atoms with Crippen LogP contribution in [0.5, 0.6) is 0 Å². The van der Waals surface area contributed by atoms with Crippen LogP contribution in [-0.2, 0) is 14.1 Å². The van der Waals surface area contributed by atoms with Gasteiger partial charge in [-0.3, -0.25) is 9.48 Å². The predicted molar refractivity (Wildman–Crippen MR) is 96.1 cm³/mol. The Kier molecular flexibility index (Phi) is 3.35. The Hall–Kier alpha value is -2.73. The van der Waals surface area contributed by atoms with Crippen molar-refractivity contribution in [2.45, 2.75) is 6.92 Å². The summed E-state index contributed by atoms with van der Waals surface area (Å²) in [4.78, 5) is 17.6. The standard InChI is InChI=1S/C18H16N4OS/c1-11-10-19-22(3)15(11)17(23)20-18-21(2)14-9-8-12-6-4-5-7-13(12)16(14)24-18/h4-10H,1-3H3. The first kappa shape index (κ1) is 14.8. The van der Waals surface area contributed by atoms with Crippen molar-refractivity contribution < 1.29 is 4.79 Å². The molecule has 0 spiro atoms. The molecule has 0 aliphatic carbocycles. The molecular weight excluding hydrogens is 320 g/mol. The molecule has 2 aromatic heterocycles. The van der Waals surface area contributed by atoms with E-state index in [1.165, 1.54) is 22.1 Å².